The van der Waals surface area contributed by atoms with Gasteiger partial charge in [0.1, 0.15) is 0 Å². The molecule has 9 heteroatoms. The summed E-state index contributed by atoms with van der Waals surface area (Å²) in [6.07, 6.45) is -10.5. The van der Waals surface area contributed by atoms with Gasteiger partial charge in [-0.05, 0) is 35.9 Å². The summed E-state index contributed by atoms with van der Waals surface area (Å²) in [5, 5.41) is 0. The molecule has 0 aromatic heterocycles. The number of hydrogen-bond donors (Lipinski definition) is 0. The largest absolute Gasteiger partial charge is 0.416 e. The summed E-state index contributed by atoms with van der Waals surface area (Å²) >= 11 is 0. The Bertz CT molecular complexity index is 759. The molecule has 0 saturated carbocycles. The molecule has 1 saturated heterocycles. The molecule has 3 rings (SSSR count). The Morgan fingerprint density at radius 2 is 1.54 bits per heavy atom. The van der Waals surface area contributed by atoms with E-state index in [1.165, 1.54) is 0 Å². The Balaban J connectivity index is 1.71. The normalized spacial score (nSPS) is 18.4. The van der Waals surface area contributed by atoms with Crippen LogP contribution in [0.25, 0.3) is 0 Å². The van der Waals surface area contributed by atoms with Crippen LogP contribution in [0.4, 0.5) is 32.0 Å². The average molecular weight is 405 g/mol. The van der Waals surface area contributed by atoms with Gasteiger partial charge in [-0.1, -0.05) is 18.2 Å². The van der Waals surface area contributed by atoms with Crippen LogP contribution >= 0.6 is 0 Å². The van der Waals surface area contributed by atoms with Crippen LogP contribution in [0.2, 0.25) is 0 Å². The second-order valence-electron chi connectivity index (χ2n) is 6.31. The molecule has 0 aliphatic carbocycles. The van der Waals surface area contributed by atoms with Crippen LogP contribution < -0.4 is 4.90 Å². The lowest BCUT2D eigenvalue weighted by Gasteiger charge is -2.34. The highest BCUT2D eigenvalue weighted by Crippen LogP contribution is 2.36. The molecular weight excluding hydrogens is 388 g/mol. The quantitative estimate of drug-likeness (QED) is 0.661. The van der Waals surface area contributed by atoms with Gasteiger partial charge < -0.3 is 14.4 Å². The van der Waals surface area contributed by atoms with Crippen molar-refractivity contribution in [2.75, 3.05) is 24.6 Å². The monoisotopic (exact) mass is 405 g/mol. The summed E-state index contributed by atoms with van der Waals surface area (Å²) < 4.78 is 88.5. The number of hydrogen-bond acceptors (Lipinski definition) is 3. The van der Waals surface area contributed by atoms with Gasteiger partial charge in [0.25, 0.3) is 0 Å². The zero-order valence-corrected chi connectivity index (χ0v) is 14.6. The van der Waals surface area contributed by atoms with Crippen molar-refractivity contribution in [2.24, 2.45) is 0 Å². The Kier molecular flexibility index (Phi) is 5.85. The topological polar surface area (TPSA) is 21.7 Å². The van der Waals surface area contributed by atoms with Crippen LogP contribution in [-0.2, 0) is 28.4 Å². The number of ether oxygens (including phenoxy) is 2. The first kappa shape index (κ1) is 20.5. The molecule has 1 fully saturated rings. The molecule has 0 bridgehead atoms. The van der Waals surface area contributed by atoms with Gasteiger partial charge in [0.2, 0.25) is 0 Å². The van der Waals surface area contributed by atoms with Crippen LogP contribution in [0.1, 0.15) is 16.7 Å². The maximum absolute atomic E-state index is 12.9. The molecule has 152 valence electrons. The minimum atomic E-state index is -4.89. The fourth-order valence-corrected chi connectivity index (χ4v) is 2.88. The fourth-order valence-electron chi connectivity index (χ4n) is 2.88. The third-order valence-electron chi connectivity index (χ3n) is 4.24. The first-order chi connectivity index (χ1) is 13.1. The molecule has 0 spiro atoms. The van der Waals surface area contributed by atoms with E-state index in [-0.39, 0.29) is 11.6 Å². The molecule has 1 aliphatic heterocycles. The first-order valence-corrected chi connectivity index (χ1v) is 8.44. The molecule has 1 heterocycles. The standard InChI is InChI=1S/C19H17F6NO2/c20-18(21,22)14-8-13(9-15(10-14)19(23,24)25)12-28-17-11-26(6-7-27-17)16-4-2-1-3-5-16/h1-5,8-10,17H,6-7,11-12H2/t17-/m1/s1. The van der Waals surface area contributed by atoms with Crippen molar-refractivity contribution >= 4 is 5.69 Å². The summed E-state index contributed by atoms with van der Waals surface area (Å²) in [5.41, 5.74) is -2.02. The molecule has 2 aromatic rings. The number of benzene rings is 2. The average Bonchev–Trinajstić information content (AvgIpc) is 2.66. The zero-order chi connectivity index (χ0) is 20.4. The van der Waals surface area contributed by atoms with Crippen LogP contribution in [-0.4, -0.2) is 26.0 Å². The number of halogens is 6. The second-order valence-corrected chi connectivity index (χ2v) is 6.31. The maximum Gasteiger partial charge on any atom is 0.416 e. The minimum Gasteiger partial charge on any atom is -0.364 e. The molecule has 0 amide bonds. The highest BCUT2D eigenvalue weighted by molar-refractivity contribution is 5.46. The van der Waals surface area contributed by atoms with Crippen LogP contribution in [0, 0.1) is 0 Å². The summed E-state index contributed by atoms with van der Waals surface area (Å²) in [6, 6.07) is 10.8. The maximum atomic E-state index is 12.9. The summed E-state index contributed by atoms with van der Waals surface area (Å²) in [7, 11) is 0. The van der Waals surface area contributed by atoms with Gasteiger partial charge in [-0.25, -0.2) is 0 Å². The Morgan fingerprint density at radius 1 is 0.929 bits per heavy atom. The van der Waals surface area contributed by atoms with E-state index in [1.54, 1.807) is 0 Å². The molecule has 0 N–H and O–H groups in total. The number of nitrogens with zero attached hydrogens (tertiary/aromatic N) is 1. The van der Waals surface area contributed by atoms with Gasteiger partial charge in [0, 0.05) is 12.2 Å². The minimum absolute atomic E-state index is 0.0950. The fraction of sp³-hybridized carbons (Fsp3) is 0.368. The zero-order valence-electron chi connectivity index (χ0n) is 14.6. The van der Waals surface area contributed by atoms with Crippen molar-refractivity contribution in [1.82, 2.24) is 0 Å². The van der Waals surface area contributed by atoms with E-state index in [4.69, 9.17) is 9.47 Å². The predicted octanol–water partition coefficient (Wildman–Crippen LogP) is 5.10. The van der Waals surface area contributed by atoms with Crippen molar-refractivity contribution in [3.63, 3.8) is 0 Å². The van der Waals surface area contributed by atoms with Crippen LogP contribution in [0.15, 0.2) is 48.5 Å². The Morgan fingerprint density at radius 3 is 2.11 bits per heavy atom. The number of para-hydroxylation sites is 1. The summed E-state index contributed by atoms with van der Waals surface area (Å²) in [5.74, 6) is 0. The van der Waals surface area contributed by atoms with Crippen molar-refractivity contribution in [1.29, 1.82) is 0 Å². The molecule has 1 aliphatic rings. The highest BCUT2D eigenvalue weighted by Gasteiger charge is 2.37. The van der Waals surface area contributed by atoms with Crippen molar-refractivity contribution in [3.8, 4) is 0 Å². The van der Waals surface area contributed by atoms with Gasteiger partial charge in [-0.15, -0.1) is 0 Å². The number of alkyl halides is 6. The van der Waals surface area contributed by atoms with Crippen molar-refractivity contribution < 1.29 is 35.8 Å². The lowest BCUT2D eigenvalue weighted by molar-refractivity contribution is -0.154. The van der Waals surface area contributed by atoms with Gasteiger partial charge in [-0.3, -0.25) is 0 Å². The SMILES string of the molecule is FC(F)(F)c1cc(CO[C@@H]2CN(c3ccccc3)CCO2)cc(C(F)(F)F)c1. The van der Waals surface area contributed by atoms with E-state index in [0.717, 1.165) is 5.69 Å². The molecule has 1 atom stereocenters. The lowest BCUT2D eigenvalue weighted by atomic mass is 10.1. The van der Waals surface area contributed by atoms with Crippen LogP contribution in [0.3, 0.4) is 0 Å². The second kappa shape index (κ2) is 8.00. The number of anilines is 1. The van der Waals surface area contributed by atoms with E-state index >= 15 is 0 Å². The number of morpholine rings is 1. The summed E-state index contributed by atoms with van der Waals surface area (Å²) in [4.78, 5) is 1.97. The van der Waals surface area contributed by atoms with E-state index < -0.39 is 36.4 Å². The van der Waals surface area contributed by atoms with E-state index in [1.807, 2.05) is 35.2 Å². The molecular formula is C19H17F6NO2. The molecule has 2 aromatic carbocycles. The van der Waals surface area contributed by atoms with E-state index in [9.17, 15) is 26.3 Å². The molecule has 0 unspecified atom stereocenters. The van der Waals surface area contributed by atoms with E-state index in [2.05, 4.69) is 0 Å². The van der Waals surface area contributed by atoms with Crippen molar-refractivity contribution in [2.45, 2.75) is 25.2 Å². The van der Waals surface area contributed by atoms with Crippen molar-refractivity contribution in [3.05, 3.63) is 65.2 Å². The molecule has 0 radical (unpaired) electrons. The highest BCUT2D eigenvalue weighted by atomic mass is 19.4. The molecule has 28 heavy (non-hydrogen) atoms. The van der Waals surface area contributed by atoms with Gasteiger partial charge >= 0.3 is 12.4 Å². The van der Waals surface area contributed by atoms with Gasteiger partial charge in [0.05, 0.1) is 30.9 Å². The third kappa shape index (κ3) is 5.17. The van der Waals surface area contributed by atoms with Gasteiger partial charge in [0.15, 0.2) is 6.29 Å². The Labute approximate surface area is 157 Å². The number of rotatable bonds is 4. The van der Waals surface area contributed by atoms with Gasteiger partial charge in [-0.2, -0.15) is 26.3 Å². The molecule has 3 nitrogen and oxygen atoms in total. The predicted molar refractivity (Wildman–Crippen MR) is 89.6 cm³/mol. The smallest absolute Gasteiger partial charge is 0.364 e. The third-order valence-corrected chi connectivity index (χ3v) is 4.24. The summed E-state index contributed by atoms with van der Waals surface area (Å²) in [6.45, 7) is 0.816. The Hall–Kier alpha value is -2.26. The van der Waals surface area contributed by atoms with Crippen LogP contribution in [0.5, 0.6) is 0 Å². The van der Waals surface area contributed by atoms with E-state index in [0.29, 0.717) is 31.8 Å². The lowest BCUT2D eigenvalue weighted by Crippen LogP contribution is -2.43. The first-order valence-electron chi connectivity index (χ1n) is 8.44.